The zero-order valence-corrected chi connectivity index (χ0v) is 19.8. The van der Waals surface area contributed by atoms with Crippen LogP contribution >= 0.6 is 0 Å². The Labute approximate surface area is 199 Å². The van der Waals surface area contributed by atoms with Crippen LogP contribution in [-0.4, -0.2) is 28.9 Å². The molecule has 0 spiro atoms. The molecule has 0 aliphatic carbocycles. The van der Waals surface area contributed by atoms with Crippen molar-refractivity contribution in [1.82, 2.24) is 23.1 Å². The molecule has 0 saturated carbocycles. The maximum Gasteiger partial charge on any atom is 0.332 e. The first-order valence-electron chi connectivity index (χ1n) is 11.2. The van der Waals surface area contributed by atoms with Crippen LogP contribution in [0.15, 0.2) is 64.2 Å². The van der Waals surface area contributed by atoms with Crippen molar-refractivity contribution >= 4 is 22.7 Å². The molecule has 35 heavy (non-hydrogen) atoms. The van der Waals surface area contributed by atoms with Gasteiger partial charge in [-0.25, -0.2) is 9.18 Å². The van der Waals surface area contributed by atoms with Gasteiger partial charge in [0.05, 0.1) is 12.6 Å². The summed E-state index contributed by atoms with van der Waals surface area (Å²) in [6.45, 7) is 5.46. The van der Waals surface area contributed by atoms with Crippen molar-refractivity contribution in [2.75, 3.05) is 0 Å². The SMILES string of the molecule is Cc1c(C)n2c3c(=O)n(CC(=O)c4ccc(F)cc4)c(=O)n(C)c3nc2n1[C@@H](C)c1ccccc1. The van der Waals surface area contributed by atoms with Gasteiger partial charge in [-0.1, -0.05) is 30.3 Å². The number of rotatable bonds is 5. The first-order valence-corrected chi connectivity index (χ1v) is 11.2. The summed E-state index contributed by atoms with van der Waals surface area (Å²) in [4.78, 5) is 44.1. The standard InChI is InChI=1S/C26H24FN5O3/c1-15-16(2)32-22-23(28-25(32)31(15)17(3)18-8-6-5-7-9-18)29(4)26(35)30(24(22)34)14-21(33)19-10-12-20(27)13-11-19/h5-13,17H,14H2,1-4H3/t17-/m0/s1. The van der Waals surface area contributed by atoms with E-state index in [9.17, 15) is 18.8 Å². The number of ketones is 1. The Kier molecular flexibility index (Phi) is 5.27. The van der Waals surface area contributed by atoms with Crippen molar-refractivity contribution in [3.63, 3.8) is 0 Å². The third-order valence-corrected chi connectivity index (χ3v) is 6.70. The second-order valence-corrected chi connectivity index (χ2v) is 8.71. The fourth-order valence-electron chi connectivity index (χ4n) is 4.63. The molecule has 0 aliphatic rings. The minimum atomic E-state index is -0.643. The van der Waals surface area contributed by atoms with Gasteiger partial charge < -0.3 is 4.57 Å². The van der Waals surface area contributed by atoms with Crippen molar-refractivity contribution in [3.05, 3.63) is 104 Å². The Morgan fingerprint density at radius 3 is 2.31 bits per heavy atom. The van der Waals surface area contributed by atoms with E-state index >= 15 is 0 Å². The molecular weight excluding hydrogens is 449 g/mol. The molecule has 0 N–H and O–H groups in total. The van der Waals surface area contributed by atoms with Gasteiger partial charge in [-0.3, -0.25) is 23.1 Å². The number of imidazole rings is 2. The summed E-state index contributed by atoms with van der Waals surface area (Å²) in [5.41, 5.74) is 2.29. The molecule has 5 rings (SSSR count). The largest absolute Gasteiger partial charge is 0.332 e. The zero-order valence-electron chi connectivity index (χ0n) is 19.8. The van der Waals surface area contributed by atoms with Crippen molar-refractivity contribution < 1.29 is 9.18 Å². The molecular formula is C26H24FN5O3. The van der Waals surface area contributed by atoms with Crippen molar-refractivity contribution in [3.8, 4) is 0 Å². The lowest BCUT2D eigenvalue weighted by molar-refractivity contribution is 0.0969. The van der Waals surface area contributed by atoms with Crippen molar-refractivity contribution in [2.45, 2.75) is 33.4 Å². The Hall–Kier alpha value is -4.27. The average Bonchev–Trinajstić information content (AvgIpc) is 3.36. The molecule has 0 aliphatic heterocycles. The van der Waals surface area contributed by atoms with Gasteiger partial charge >= 0.3 is 5.69 Å². The summed E-state index contributed by atoms with van der Waals surface area (Å²) in [5, 5.41) is 0. The van der Waals surface area contributed by atoms with Crippen LogP contribution in [0.1, 0.15) is 40.3 Å². The molecule has 0 fully saturated rings. The Morgan fingerprint density at radius 2 is 1.66 bits per heavy atom. The summed E-state index contributed by atoms with van der Waals surface area (Å²) < 4.78 is 19.2. The summed E-state index contributed by atoms with van der Waals surface area (Å²) in [5.74, 6) is -0.397. The van der Waals surface area contributed by atoms with E-state index in [-0.39, 0.29) is 22.8 Å². The number of nitrogens with zero attached hydrogens (tertiary/aromatic N) is 5. The molecule has 0 saturated heterocycles. The second kappa shape index (κ2) is 8.19. The number of aromatic nitrogens is 5. The highest BCUT2D eigenvalue weighted by Crippen LogP contribution is 2.27. The monoisotopic (exact) mass is 473 g/mol. The normalized spacial score (nSPS) is 12.5. The van der Waals surface area contributed by atoms with Crippen LogP contribution in [0.4, 0.5) is 4.39 Å². The molecule has 3 aromatic heterocycles. The third-order valence-electron chi connectivity index (χ3n) is 6.70. The summed E-state index contributed by atoms with van der Waals surface area (Å²) in [7, 11) is 1.53. The number of halogens is 1. The predicted molar refractivity (Wildman–Crippen MR) is 131 cm³/mol. The van der Waals surface area contributed by atoms with Gasteiger partial charge in [0.25, 0.3) is 5.56 Å². The summed E-state index contributed by atoms with van der Waals surface area (Å²) >= 11 is 0. The van der Waals surface area contributed by atoms with Crippen LogP contribution in [0.2, 0.25) is 0 Å². The van der Waals surface area contributed by atoms with Gasteiger partial charge in [0.1, 0.15) is 5.82 Å². The number of hydrogen-bond donors (Lipinski definition) is 0. The smallest absolute Gasteiger partial charge is 0.307 e. The lowest BCUT2D eigenvalue weighted by atomic mass is 10.1. The van der Waals surface area contributed by atoms with Crippen LogP contribution in [0.5, 0.6) is 0 Å². The van der Waals surface area contributed by atoms with Crippen LogP contribution in [0, 0.1) is 19.7 Å². The number of carbonyl (C=O) groups is 1. The van der Waals surface area contributed by atoms with E-state index in [1.54, 1.807) is 4.40 Å². The number of carbonyl (C=O) groups excluding carboxylic acids is 1. The zero-order chi connectivity index (χ0) is 25.0. The molecule has 1 atom stereocenters. The molecule has 178 valence electrons. The van der Waals surface area contributed by atoms with Crippen molar-refractivity contribution in [1.29, 1.82) is 0 Å². The molecule has 5 aromatic rings. The van der Waals surface area contributed by atoms with E-state index in [1.807, 2.05) is 48.7 Å². The quantitative estimate of drug-likeness (QED) is 0.367. The van der Waals surface area contributed by atoms with Crippen molar-refractivity contribution in [2.24, 2.45) is 7.05 Å². The number of Topliss-reactive ketones (excluding diaryl/α,β-unsaturated/α-hetero) is 1. The Balaban J connectivity index is 1.72. The highest BCUT2D eigenvalue weighted by molar-refractivity contribution is 5.96. The van der Waals surface area contributed by atoms with Gasteiger partial charge in [-0.05, 0) is 50.6 Å². The minimum Gasteiger partial charge on any atom is -0.307 e. The molecule has 2 aromatic carbocycles. The summed E-state index contributed by atoms with van der Waals surface area (Å²) in [6.07, 6.45) is 0. The van der Waals surface area contributed by atoms with Crippen LogP contribution in [0.25, 0.3) is 16.9 Å². The van der Waals surface area contributed by atoms with Gasteiger partial charge in [0, 0.05) is 24.0 Å². The van der Waals surface area contributed by atoms with E-state index in [2.05, 4.69) is 6.92 Å². The predicted octanol–water partition coefficient (Wildman–Crippen LogP) is 3.40. The maximum absolute atomic E-state index is 13.6. The van der Waals surface area contributed by atoms with Crippen LogP contribution in [0.3, 0.4) is 0 Å². The van der Waals surface area contributed by atoms with E-state index in [1.165, 1.54) is 35.9 Å². The van der Waals surface area contributed by atoms with Crippen LogP contribution in [-0.2, 0) is 13.6 Å². The first-order chi connectivity index (χ1) is 16.7. The highest BCUT2D eigenvalue weighted by atomic mass is 19.1. The first kappa shape index (κ1) is 22.5. The fourth-order valence-corrected chi connectivity index (χ4v) is 4.63. The maximum atomic E-state index is 13.6. The van der Waals surface area contributed by atoms with E-state index < -0.39 is 29.4 Å². The molecule has 3 heterocycles. The molecule has 0 unspecified atom stereocenters. The third kappa shape index (κ3) is 3.42. The molecule has 9 heteroatoms. The number of fused-ring (bicyclic) bond motifs is 3. The topological polar surface area (TPSA) is 83.3 Å². The second-order valence-electron chi connectivity index (χ2n) is 8.71. The molecule has 8 nitrogen and oxygen atoms in total. The number of benzene rings is 2. The van der Waals surface area contributed by atoms with Crippen LogP contribution < -0.4 is 11.2 Å². The lowest BCUT2D eigenvalue weighted by Crippen LogP contribution is -2.41. The van der Waals surface area contributed by atoms with Gasteiger partial charge in [-0.2, -0.15) is 4.98 Å². The van der Waals surface area contributed by atoms with Gasteiger partial charge in [-0.15, -0.1) is 0 Å². The Bertz CT molecular complexity index is 1720. The van der Waals surface area contributed by atoms with Gasteiger partial charge in [0.2, 0.25) is 5.78 Å². The van der Waals surface area contributed by atoms with E-state index in [4.69, 9.17) is 4.98 Å². The minimum absolute atomic E-state index is 0.0662. The van der Waals surface area contributed by atoms with Gasteiger partial charge in [0.15, 0.2) is 16.9 Å². The lowest BCUT2D eigenvalue weighted by Gasteiger charge is -2.16. The molecule has 0 amide bonds. The van der Waals surface area contributed by atoms with E-state index in [0.717, 1.165) is 21.5 Å². The molecule has 0 radical (unpaired) electrons. The number of aryl methyl sites for hydroxylation is 2. The molecule has 0 bridgehead atoms. The average molecular weight is 474 g/mol. The van der Waals surface area contributed by atoms with E-state index in [0.29, 0.717) is 5.78 Å². The summed E-state index contributed by atoms with van der Waals surface area (Å²) in [6, 6.07) is 14.9. The highest BCUT2D eigenvalue weighted by Gasteiger charge is 2.25. The Morgan fingerprint density at radius 1 is 1.00 bits per heavy atom. The number of hydrogen-bond acceptors (Lipinski definition) is 4. The fraction of sp³-hybridized carbons (Fsp3) is 0.231.